The van der Waals surface area contributed by atoms with Gasteiger partial charge in [0.25, 0.3) is 0 Å². The molecule has 0 unspecified atom stereocenters. The summed E-state index contributed by atoms with van der Waals surface area (Å²) in [6.07, 6.45) is 6.02. The topological polar surface area (TPSA) is 90.0 Å². The summed E-state index contributed by atoms with van der Waals surface area (Å²) in [7, 11) is 3.86. The van der Waals surface area contributed by atoms with Crippen molar-refractivity contribution < 1.29 is 4.74 Å². The Morgan fingerprint density at radius 2 is 2.04 bits per heavy atom. The van der Waals surface area contributed by atoms with Crippen LogP contribution >= 0.6 is 11.5 Å². The highest BCUT2D eigenvalue weighted by atomic mass is 32.1. The zero-order valence-corrected chi connectivity index (χ0v) is 14.8. The molecular formula is C17H18N6OS. The van der Waals surface area contributed by atoms with Gasteiger partial charge in [0.1, 0.15) is 22.3 Å². The van der Waals surface area contributed by atoms with E-state index in [4.69, 9.17) is 10.5 Å². The molecule has 0 spiro atoms. The Hall–Kier alpha value is -2.74. The van der Waals surface area contributed by atoms with Gasteiger partial charge < -0.3 is 15.4 Å². The van der Waals surface area contributed by atoms with Crippen molar-refractivity contribution in [2.45, 2.75) is 18.9 Å². The number of nitrogen functional groups attached to an aromatic ring is 1. The summed E-state index contributed by atoms with van der Waals surface area (Å²) in [5.41, 5.74) is 8.49. The number of hydrogen-bond acceptors (Lipinski definition) is 8. The van der Waals surface area contributed by atoms with E-state index in [-0.39, 0.29) is 0 Å². The first-order valence-corrected chi connectivity index (χ1v) is 8.78. The molecule has 0 aromatic carbocycles. The largest absolute Gasteiger partial charge is 0.489 e. The lowest BCUT2D eigenvalue weighted by Gasteiger charge is -2.17. The second-order valence-electron chi connectivity index (χ2n) is 6.11. The van der Waals surface area contributed by atoms with E-state index in [1.165, 1.54) is 11.5 Å². The smallest absolute Gasteiger partial charge is 0.192 e. The van der Waals surface area contributed by atoms with E-state index in [2.05, 4.69) is 19.3 Å². The molecule has 7 nitrogen and oxygen atoms in total. The maximum absolute atomic E-state index is 6.02. The van der Waals surface area contributed by atoms with Gasteiger partial charge in [0.15, 0.2) is 5.82 Å². The molecular weight excluding hydrogens is 336 g/mol. The number of nitrogens with zero attached hydrogens (tertiary/aromatic N) is 5. The van der Waals surface area contributed by atoms with Crippen LogP contribution < -0.4 is 15.4 Å². The van der Waals surface area contributed by atoms with E-state index >= 15 is 0 Å². The van der Waals surface area contributed by atoms with Gasteiger partial charge in [0, 0.05) is 25.9 Å². The van der Waals surface area contributed by atoms with Gasteiger partial charge in [-0.25, -0.2) is 15.0 Å². The van der Waals surface area contributed by atoms with E-state index in [9.17, 15) is 0 Å². The number of pyridine rings is 2. The molecule has 1 saturated carbocycles. The molecule has 3 aromatic heterocycles. The standard InChI is InChI=1S/C17H18N6OS/c1-23(2)14-12(7-8-19-15(14)18)17-21-16(22-25-17)13-6-5-11(9-20-13)24-10-3-4-10/h5-10H,3-4H2,1-2H3,(H2,18,19). The van der Waals surface area contributed by atoms with Crippen molar-refractivity contribution in [3.8, 4) is 27.8 Å². The van der Waals surface area contributed by atoms with E-state index in [1.807, 2.05) is 37.2 Å². The maximum atomic E-state index is 6.02. The predicted molar refractivity (Wildman–Crippen MR) is 98.8 cm³/mol. The molecule has 1 aliphatic carbocycles. The molecule has 25 heavy (non-hydrogen) atoms. The van der Waals surface area contributed by atoms with Crippen LogP contribution in [0.1, 0.15) is 12.8 Å². The first kappa shape index (κ1) is 15.8. The van der Waals surface area contributed by atoms with Gasteiger partial charge in [0.05, 0.1) is 18.0 Å². The first-order valence-electron chi connectivity index (χ1n) is 8.01. The minimum absolute atomic E-state index is 0.359. The summed E-state index contributed by atoms with van der Waals surface area (Å²) >= 11 is 1.32. The second-order valence-corrected chi connectivity index (χ2v) is 6.86. The third kappa shape index (κ3) is 3.25. The highest BCUT2D eigenvalue weighted by Crippen LogP contribution is 2.35. The molecule has 3 aromatic rings. The van der Waals surface area contributed by atoms with Crippen LogP contribution in [-0.2, 0) is 0 Å². The van der Waals surface area contributed by atoms with Gasteiger partial charge in [0.2, 0.25) is 0 Å². The van der Waals surface area contributed by atoms with Crippen molar-refractivity contribution in [3.63, 3.8) is 0 Å². The normalized spacial score (nSPS) is 13.7. The lowest BCUT2D eigenvalue weighted by Crippen LogP contribution is -2.13. The minimum atomic E-state index is 0.359. The average molecular weight is 354 g/mol. The molecule has 3 heterocycles. The van der Waals surface area contributed by atoms with Crippen LogP contribution in [0.15, 0.2) is 30.6 Å². The van der Waals surface area contributed by atoms with Gasteiger partial charge in [-0.05, 0) is 42.6 Å². The molecule has 2 N–H and O–H groups in total. The minimum Gasteiger partial charge on any atom is -0.489 e. The van der Waals surface area contributed by atoms with Crippen molar-refractivity contribution in [3.05, 3.63) is 30.6 Å². The number of anilines is 2. The number of hydrogen-bond donors (Lipinski definition) is 1. The van der Waals surface area contributed by atoms with E-state index in [1.54, 1.807) is 12.4 Å². The van der Waals surface area contributed by atoms with Crippen molar-refractivity contribution in [2.24, 2.45) is 0 Å². The zero-order valence-electron chi connectivity index (χ0n) is 14.0. The Morgan fingerprint density at radius 1 is 1.20 bits per heavy atom. The number of aromatic nitrogens is 4. The second kappa shape index (κ2) is 6.29. The maximum Gasteiger partial charge on any atom is 0.192 e. The Labute approximate surface area is 149 Å². The zero-order chi connectivity index (χ0) is 17.4. The first-order chi connectivity index (χ1) is 12.1. The number of rotatable bonds is 5. The van der Waals surface area contributed by atoms with Crippen molar-refractivity contribution in [1.82, 2.24) is 19.3 Å². The quantitative estimate of drug-likeness (QED) is 0.753. The van der Waals surface area contributed by atoms with Crippen LogP contribution in [-0.4, -0.2) is 39.5 Å². The van der Waals surface area contributed by atoms with Crippen molar-refractivity contribution in [2.75, 3.05) is 24.7 Å². The summed E-state index contributed by atoms with van der Waals surface area (Å²) in [6, 6.07) is 5.70. The van der Waals surface area contributed by atoms with Gasteiger partial charge in [-0.15, -0.1) is 0 Å². The molecule has 0 atom stereocenters. The molecule has 128 valence electrons. The third-order valence-corrected chi connectivity index (χ3v) is 4.60. The van der Waals surface area contributed by atoms with Crippen LogP contribution in [0.5, 0.6) is 5.75 Å². The van der Waals surface area contributed by atoms with Crippen LogP contribution in [0.4, 0.5) is 11.5 Å². The third-order valence-electron chi connectivity index (χ3n) is 3.85. The average Bonchev–Trinajstić information content (AvgIpc) is 3.27. The molecule has 1 fully saturated rings. The Balaban J connectivity index is 1.63. The molecule has 0 bridgehead atoms. The van der Waals surface area contributed by atoms with Crippen molar-refractivity contribution in [1.29, 1.82) is 0 Å². The summed E-state index contributed by atoms with van der Waals surface area (Å²) in [5, 5.41) is 0.785. The highest BCUT2D eigenvalue weighted by molar-refractivity contribution is 7.09. The lowest BCUT2D eigenvalue weighted by molar-refractivity contribution is 0.302. The Morgan fingerprint density at radius 3 is 2.72 bits per heavy atom. The molecule has 0 amide bonds. The van der Waals surface area contributed by atoms with Crippen LogP contribution in [0.2, 0.25) is 0 Å². The summed E-state index contributed by atoms with van der Waals surface area (Å²) in [5.74, 6) is 1.86. The van der Waals surface area contributed by atoms with E-state index in [0.29, 0.717) is 17.7 Å². The summed E-state index contributed by atoms with van der Waals surface area (Å²) < 4.78 is 10.2. The van der Waals surface area contributed by atoms with Crippen LogP contribution in [0, 0.1) is 0 Å². The van der Waals surface area contributed by atoms with E-state index < -0.39 is 0 Å². The Kier molecular flexibility index (Phi) is 3.96. The number of nitrogens with two attached hydrogens (primary N) is 1. The summed E-state index contributed by atoms with van der Waals surface area (Å²) in [6.45, 7) is 0. The fraction of sp³-hybridized carbons (Fsp3) is 0.294. The lowest BCUT2D eigenvalue weighted by atomic mass is 10.2. The molecule has 4 rings (SSSR count). The molecule has 0 saturated heterocycles. The SMILES string of the molecule is CN(C)c1c(-c2nc(-c3ccc(OC4CC4)cn3)ns2)ccnc1N. The molecule has 1 aliphatic rings. The summed E-state index contributed by atoms with van der Waals surface area (Å²) in [4.78, 5) is 15.1. The number of ether oxygens (including phenoxy) is 1. The predicted octanol–water partition coefficient (Wildman–Crippen LogP) is 2.85. The van der Waals surface area contributed by atoms with Crippen LogP contribution in [0.25, 0.3) is 22.1 Å². The van der Waals surface area contributed by atoms with Crippen molar-refractivity contribution >= 4 is 23.0 Å². The molecule has 8 heteroatoms. The van der Waals surface area contributed by atoms with Gasteiger partial charge in [-0.1, -0.05) is 0 Å². The van der Waals surface area contributed by atoms with E-state index in [0.717, 1.165) is 40.5 Å². The fourth-order valence-corrected chi connectivity index (χ4v) is 3.21. The Bertz CT molecular complexity index is 888. The molecule has 0 aliphatic heterocycles. The van der Waals surface area contributed by atoms with Gasteiger partial charge in [-0.2, -0.15) is 4.37 Å². The van der Waals surface area contributed by atoms with Gasteiger partial charge >= 0.3 is 0 Å². The highest BCUT2D eigenvalue weighted by Gasteiger charge is 2.23. The van der Waals surface area contributed by atoms with Crippen LogP contribution in [0.3, 0.4) is 0 Å². The van der Waals surface area contributed by atoms with Gasteiger partial charge in [-0.3, -0.25) is 0 Å². The fourth-order valence-electron chi connectivity index (χ4n) is 2.51. The molecule has 0 radical (unpaired) electrons. The monoisotopic (exact) mass is 354 g/mol.